The molecule has 0 aliphatic carbocycles. The van der Waals surface area contributed by atoms with Gasteiger partial charge in [0.2, 0.25) is 0 Å². The Morgan fingerprint density at radius 1 is 1.43 bits per heavy atom. The number of aliphatic hydroxyl groups is 3. The van der Waals surface area contributed by atoms with Crippen LogP contribution in [0.25, 0.3) is 0 Å². The molecule has 114 valence electrons. The molecule has 21 heavy (non-hydrogen) atoms. The van der Waals surface area contributed by atoms with Crippen LogP contribution in [0.2, 0.25) is 0 Å². The van der Waals surface area contributed by atoms with Gasteiger partial charge in [0.1, 0.15) is 24.7 Å². The third-order valence-corrected chi connectivity index (χ3v) is 4.15. The van der Waals surface area contributed by atoms with Crippen LogP contribution in [0.3, 0.4) is 0 Å². The highest BCUT2D eigenvalue weighted by molar-refractivity contribution is 6.31. The van der Waals surface area contributed by atoms with E-state index in [1.807, 2.05) is 0 Å². The summed E-state index contributed by atoms with van der Waals surface area (Å²) in [5.74, 6) is 0.199. The molecule has 0 spiro atoms. The first-order chi connectivity index (χ1) is 10.0. The van der Waals surface area contributed by atoms with Gasteiger partial charge >= 0.3 is 0 Å². The van der Waals surface area contributed by atoms with Crippen molar-refractivity contribution in [3.63, 3.8) is 0 Å². The first-order valence-electron chi connectivity index (χ1n) is 6.27. The molecule has 0 amide bonds. The maximum absolute atomic E-state index is 10.1. The number of rotatable bonds is 3. The van der Waals surface area contributed by atoms with Crippen molar-refractivity contribution in [2.24, 2.45) is 15.0 Å². The van der Waals surface area contributed by atoms with E-state index >= 15 is 0 Å². The molecule has 1 unspecified atom stereocenters. The Hall–Kier alpha value is -1.39. The maximum Gasteiger partial charge on any atom is 0.192 e. The molecule has 3 aliphatic heterocycles. The minimum Gasteiger partial charge on any atom is -0.394 e. The Morgan fingerprint density at radius 3 is 2.81 bits per heavy atom. The number of hydrogen-bond acceptors (Lipinski definition) is 8. The van der Waals surface area contributed by atoms with Gasteiger partial charge in [-0.05, 0) is 0 Å². The second-order valence-electron chi connectivity index (χ2n) is 4.92. The molecule has 0 aromatic rings. The zero-order valence-electron chi connectivity index (χ0n) is 10.8. The van der Waals surface area contributed by atoms with E-state index in [-0.39, 0.29) is 11.7 Å². The molecule has 0 saturated carbocycles. The van der Waals surface area contributed by atoms with E-state index in [0.29, 0.717) is 5.84 Å². The second kappa shape index (κ2) is 5.11. The van der Waals surface area contributed by atoms with Gasteiger partial charge < -0.3 is 20.1 Å². The lowest BCUT2D eigenvalue weighted by atomic mass is 9.99. The Balaban J connectivity index is 1.92. The Labute approximate surface area is 124 Å². The zero-order chi connectivity index (χ0) is 15.2. The van der Waals surface area contributed by atoms with Gasteiger partial charge in [0.15, 0.2) is 23.4 Å². The van der Waals surface area contributed by atoms with Crippen molar-refractivity contribution in [3.05, 3.63) is 0 Å². The number of fused-ring (bicyclic) bond motifs is 1. The summed E-state index contributed by atoms with van der Waals surface area (Å²) in [6, 6.07) is 0. The predicted molar refractivity (Wildman–Crippen MR) is 75.2 cm³/mol. The molecule has 1 saturated heterocycles. The molecule has 0 aromatic carbocycles. The number of nitrogens with one attached hydrogen (secondary N) is 1. The molecular formula is C11H14ClN5O4. The molecule has 4 N–H and O–H groups in total. The van der Waals surface area contributed by atoms with Crippen LogP contribution >= 0.6 is 11.6 Å². The summed E-state index contributed by atoms with van der Waals surface area (Å²) >= 11 is 5.93. The van der Waals surface area contributed by atoms with Gasteiger partial charge in [-0.25, -0.2) is 9.98 Å². The van der Waals surface area contributed by atoms with E-state index in [1.165, 1.54) is 17.6 Å². The Bertz CT molecular complexity index is 553. The van der Waals surface area contributed by atoms with Gasteiger partial charge in [-0.1, -0.05) is 0 Å². The van der Waals surface area contributed by atoms with E-state index in [9.17, 15) is 10.2 Å². The highest BCUT2D eigenvalue weighted by atomic mass is 35.5. The van der Waals surface area contributed by atoms with E-state index in [1.54, 1.807) is 0 Å². The first kappa shape index (κ1) is 14.5. The van der Waals surface area contributed by atoms with Gasteiger partial charge in [-0.2, -0.15) is 0 Å². The number of aliphatic imine (C=N–C) groups is 3. The molecule has 0 bridgehead atoms. The van der Waals surface area contributed by atoms with Gasteiger partial charge in [0.25, 0.3) is 0 Å². The zero-order valence-corrected chi connectivity index (χ0v) is 11.6. The molecule has 3 heterocycles. The first-order valence-corrected chi connectivity index (χ1v) is 6.80. The van der Waals surface area contributed by atoms with Crippen molar-refractivity contribution in [3.8, 4) is 0 Å². The number of alkyl halides is 1. The van der Waals surface area contributed by atoms with Crippen LogP contribution < -0.4 is 0 Å². The number of hydrogen-bond donors (Lipinski definition) is 4. The summed E-state index contributed by atoms with van der Waals surface area (Å²) in [4.78, 5) is 13.5. The summed E-state index contributed by atoms with van der Waals surface area (Å²) in [6.07, 6.45) is -1.80. The third-order valence-electron chi connectivity index (χ3n) is 3.76. The quantitative estimate of drug-likeness (QED) is 0.454. The van der Waals surface area contributed by atoms with Gasteiger partial charge in [0.05, 0.1) is 18.8 Å². The van der Waals surface area contributed by atoms with E-state index in [2.05, 4.69) is 15.0 Å². The smallest absolute Gasteiger partial charge is 0.192 e. The normalized spacial score (nSPS) is 41.6. The second-order valence-corrected chi connectivity index (χ2v) is 5.19. The average molecular weight is 316 g/mol. The van der Waals surface area contributed by atoms with Crippen LogP contribution in [0, 0.1) is 5.41 Å². The van der Waals surface area contributed by atoms with Gasteiger partial charge in [0, 0.05) is 0 Å². The van der Waals surface area contributed by atoms with Gasteiger partial charge in [-0.3, -0.25) is 15.3 Å². The number of halogens is 1. The Kier molecular flexibility index (Phi) is 3.54. The molecular weight excluding hydrogens is 302 g/mol. The summed E-state index contributed by atoms with van der Waals surface area (Å²) in [5.41, 5.74) is -1.21. The minimum absolute atomic E-state index is 0.0379. The van der Waals surface area contributed by atoms with E-state index in [0.717, 1.165) is 0 Å². The topological polar surface area (TPSA) is 134 Å². The summed E-state index contributed by atoms with van der Waals surface area (Å²) < 4.78 is 5.44. The Morgan fingerprint density at radius 2 is 2.19 bits per heavy atom. The van der Waals surface area contributed by atoms with Crippen molar-refractivity contribution < 1.29 is 20.1 Å². The largest absolute Gasteiger partial charge is 0.394 e. The number of amidine groups is 2. The molecule has 1 fully saturated rings. The van der Waals surface area contributed by atoms with Crippen molar-refractivity contribution in [1.29, 1.82) is 5.41 Å². The van der Waals surface area contributed by atoms with Crippen LogP contribution in [-0.2, 0) is 4.74 Å². The fourth-order valence-corrected chi connectivity index (χ4v) is 2.84. The van der Waals surface area contributed by atoms with Crippen molar-refractivity contribution >= 4 is 35.9 Å². The summed E-state index contributed by atoms with van der Waals surface area (Å²) in [7, 11) is 0. The molecule has 5 atom stereocenters. The number of nitrogens with zero attached hydrogens (tertiary/aromatic N) is 4. The lowest BCUT2D eigenvalue weighted by Crippen LogP contribution is -2.54. The predicted octanol–water partition coefficient (Wildman–Crippen LogP) is -1.84. The fourth-order valence-electron chi connectivity index (χ4n) is 2.53. The van der Waals surface area contributed by atoms with E-state index < -0.39 is 36.7 Å². The number of aliphatic hydroxyl groups excluding tert-OH is 3. The lowest BCUT2D eigenvalue weighted by molar-refractivity contribution is -0.0511. The van der Waals surface area contributed by atoms with Crippen LogP contribution in [0.15, 0.2) is 15.0 Å². The highest BCUT2D eigenvalue weighted by Gasteiger charge is 2.54. The molecule has 9 nitrogen and oxygen atoms in total. The fraction of sp³-hybridized carbons (Fsp3) is 0.636. The van der Waals surface area contributed by atoms with Crippen LogP contribution in [-0.4, -0.2) is 87.1 Å². The third kappa shape index (κ3) is 1.93. The monoisotopic (exact) mass is 315 g/mol. The highest BCUT2D eigenvalue weighted by Crippen LogP contribution is 2.32. The minimum atomic E-state index is -1.25. The van der Waals surface area contributed by atoms with Gasteiger partial charge in [-0.15, -0.1) is 11.6 Å². The molecule has 10 heteroatoms. The van der Waals surface area contributed by atoms with Crippen molar-refractivity contribution in [1.82, 2.24) is 4.90 Å². The lowest BCUT2D eigenvalue weighted by Gasteiger charge is -2.31. The summed E-state index contributed by atoms with van der Waals surface area (Å²) in [5, 5.41) is 36.9. The molecule has 0 aromatic heterocycles. The average Bonchev–Trinajstić information content (AvgIpc) is 3.00. The SMILES string of the molecule is N=C1N=CN=C2N([C@@H]3O[C@H](CO)[C@@H](O)[C@H]3O)C=NC12CCl. The van der Waals surface area contributed by atoms with Crippen LogP contribution in [0.4, 0.5) is 0 Å². The van der Waals surface area contributed by atoms with Crippen LogP contribution in [0.1, 0.15) is 0 Å². The van der Waals surface area contributed by atoms with E-state index in [4.69, 9.17) is 26.9 Å². The van der Waals surface area contributed by atoms with Crippen molar-refractivity contribution in [2.75, 3.05) is 12.5 Å². The summed E-state index contributed by atoms with van der Waals surface area (Å²) in [6.45, 7) is -0.426. The molecule has 3 aliphatic rings. The van der Waals surface area contributed by atoms with Crippen molar-refractivity contribution in [2.45, 2.75) is 30.1 Å². The maximum atomic E-state index is 10.1. The molecule has 3 rings (SSSR count). The van der Waals surface area contributed by atoms with Crippen LogP contribution in [0.5, 0.6) is 0 Å². The number of ether oxygens (including phenoxy) is 1. The standard InChI is InChI=1S/C11H14ClN5O4/c12-2-11-9(13)14-3-15-10(11)17(4-16-11)8-7(20)6(19)5(1-18)21-8/h3-8,13,18-20H,1-2H2/t5-,6-,7-,8-,11?/m1/s1. The molecule has 0 radical (unpaired) electrons.